The summed E-state index contributed by atoms with van der Waals surface area (Å²) >= 11 is 6.23. The van der Waals surface area contributed by atoms with Crippen molar-refractivity contribution in [3.8, 4) is 5.75 Å². The lowest BCUT2D eigenvalue weighted by Gasteiger charge is -2.10. The van der Waals surface area contributed by atoms with Gasteiger partial charge >= 0.3 is 0 Å². The Labute approximate surface area is 167 Å². The summed E-state index contributed by atoms with van der Waals surface area (Å²) in [6, 6.07) is 15.0. The fourth-order valence-electron chi connectivity index (χ4n) is 2.44. The van der Waals surface area contributed by atoms with Crippen molar-refractivity contribution in [3.63, 3.8) is 0 Å². The van der Waals surface area contributed by atoms with Crippen LogP contribution in [0.2, 0.25) is 5.02 Å². The molecule has 0 radical (unpaired) electrons. The summed E-state index contributed by atoms with van der Waals surface area (Å²) in [5.74, 6) is 0.125. The summed E-state index contributed by atoms with van der Waals surface area (Å²) in [7, 11) is 0. The first kappa shape index (κ1) is 19.5. The first-order chi connectivity index (χ1) is 13.6. The maximum atomic E-state index is 12.5. The Bertz CT molecular complexity index is 970. The highest BCUT2D eigenvalue weighted by Gasteiger charge is 2.13. The van der Waals surface area contributed by atoms with Gasteiger partial charge in [0.1, 0.15) is 5.75 Å². The Hall–Kier alpha value is -3.25. The van der Waals surface area contributed by atoms with Gasteiger partial charge in [0.15, 0.2) is 5.76 Å². The van der Waals surface area contributed by atoms with E-state index in [2.05, 4.69) is 10.6 Å². The van der Waals surface area contributed by atoms with Crippen LogP contribution in [0.1, 0.15) is 34.3 Å². The standard InChI is InChI=1S/C21H19ClN2O4/c1-2-10-27-16-6-3-5-14(12-16)20(25)23-15-8-9-18(17(22)13-15)24-21(26)19-7-4-11-28-19/h3-9,11-13H,2,10H2,1H3,(H,23,25)(H,24,26). The molecule has 0 fully saturated rings. The van der Waals surface area contributed by atoms with Gasteiger partial charge in [0.05, 0.1) is 23.6 Å². The van der Waals surface area contributed by atoms with E-state index in [1.807, 2.05) is 6.92 Å². The molecule has 2 amide bonds. The molecular formula is C21H19ClN2O4. The molecule has 0 aliphatic rings. The summed E-state index contributed by atoms with van der Waals surface area (Å²) in [6.45, 7) is 2.60. The molecule has 7 heteroatoms. The van der Waals surface area contributed by atoms with Crippen molar-refractivity contribution in [2.45, 2.75) is 13.3 Å². The number of rotatable bonds is 7. The minimum absolute atomic E-state index is 0.179. The molecule has 0 bridgehead atoms. The quantitative estimate of drug-likeness (QED) is 0.571. The Kier molecular flexibility index (Phi) is 6.34. The van der Waals surface area contributed by atoms with Crippen LogP contribution in [0.25, 0.3) is 0 Å². The number of hydrogen-bond acceptors (Lipinski definition) is 4. The van der Waals surface area contributed by atoms with Crippen LogP contribution in [0, 0.1) is 0 Å². The largest absolute Gasteiger partial charge is 0.494 e. The molecule has 1 aromatic heterocycles. The van der Waals surface area contributed by atoms with E-state index in [1.54, 1.807) is 54.6 Å². The number of ether oxygens (including phenoxy) is 1. The molecule has 1 heterocycles. The molecule has 0 spiro atoms. The molecule has 0 unspecified atom stereocenters. The molecule has 0 aliphatic heterocycles. The molecule has 3 aromatic rings. The molecule has 0 saturated heterocycles. The zero-order valence-electron chi connectivity index (χ0n) is 15.2. The van der Waals surface area contributed by atoms with Crippen molar-refractivity contribution in [3.05, 3.63) is 77.2 Å². The third-order valence-electron chi connectivity index (χ3n) is 3.79. The molecule has 6 nitrogen and oxygen atoms in total. The number of amides is 2. The lowest BCUT2D eigenvalue weighted by Crippen LogP contribution is -2.13. The molecule has 2 aromatic carbocycles. The number of carbonyl (C=O) groups is 2. The summed E-state index contributed by atoms with van der Waals surface area (Å²) in [5.41, 5.74) is 1.39. The summed E-state index contributed by atoms with van der Waals surface area (Å²) in [5, 5.41) is 5.73. The first-order valence-corrected chi connectivity index (χ1v) is 9.13. The van der Waals surface area contributed by atoms with Gasteiger partial charge in [-0.05, 0) is 55.0 Å². The maximum Gasteiger partial charge on any atom is 0.291 e. The molecule has 3 rings (SSSR count). The minimum Gasteiger partial charge on any atom is -0.494 e. The predicted molar refractivity (Wildman–Crippen MR) is 108 cm³/mol. The van der Waals surface area contributed by atoms with E-state index in [4.69, 9.17) is 20.8 Å². The second-order valence-corrected chi connectivity index (χ2v) is 6.36. The summed E-state index contributed by atoms with van der Waals surface area (Å²) < 4.78 is 10.6. The Balaban J connectivity index is 1.67. The molecule has 144 valence electrons. The van der Waals surface area contributed by atoms with Crippen LogP contribution < -0.4 is 15.4 Å². The third kappa shape index (κ3) is 4.92. The van der Waals surface area contributed by atoms with Gasteiger partial charge in [-0.15, -0.1) is 0 Å². The molecule has 0 saturated carbocycles. The maximum absolute atomic E-state index is 12.5. The van der Waals surface area contributed by atoms with Crippen molar-refractivity contribution in [1.82, 2.24) is 0 Å². The zero-order chi connectivity index (χ0) is 19.9. The molecule has 0 aliphatic carbocycles. The average molecular weight is 399 g/mol. The highest BCUT2D eigenvalue weighted by molar-refractivity contribution is 6.34. The Morgan fingerprint density at radius 2 is 1.89 bits per heavy atom. The van der Waals surface area contributed by atoms with Gasteiger partial charge in [-0.3, -0.25) is 9.59 Å². The average Bonchev–Trinajstić information content (AvgIpc) is 3.23. The number of furan rings is 1. The number of carbonyl (C=O) groups excluding carboxylic acids is 2. The van der Waals surface area contributed by atoms with E-state index in [0.29, 0.717) is 29.3 Å². The van der Waals surface area contributed by atoms with Gasteiger partial charge in [-0.2, -0.15) is 0 Å². The van der Waals surface area contributed by atoms with Gasteiger partial charge in [0.25, 0.3) is 11.8 Å². The van der Waals surface area contributed by atoms with E-state index >= 15 is 0 Å². The molecule has 2 N–H and O–H groups in total. The van der Waals surface area contributed by atoms with Gasteiger partial charge < -0.3 is 19.8 Å². The highest BCUT2D eigenvalue weighted by Crippen LogP contribution is 2.26. The number of nitrogens with one attached hydrogen (secondary N) is 2. The van der Waals surface area contributed by atoms with Gasteiger partial charge in [0.2, 0.25) is 0 Å². The van der Waals surface area contributed by atoms with Crippen molar-refractivity contribution >= 4 is 34.8 Å². The van der Waals surface area contributed by atoms with Crippen molar-refractivity contribution in [2.24, 2.45) is 0 Å². The second-order valence-electron chi connectivity index (χ2n) is 5.96. The predicted octanol–water partition coefficient (Wildman–Crippen LogP) is 5.23. The minimum atomic E-state index is -0.410. The lowest BCUT2D eigenvalue weighted by atomic mass is 10.2. The summed E-state index contributed by atoms with van der Waals surface area (Å²) in [4.78, 5) is 24.5. The van der Waals surface area contributed by atoms with E-state index in [-0.39, 0.29) is 16.7 Å². The normalized spacial score (nSPS) is 10.4. The fourth-order valence-corrected chi connectivity index (χ4v) is 2.66. The van der Waals surface area contributed by atoms with Gasteiger partial charge in [-0.25, -0.2) is 0 Å². The van der Waals surface area contributed by atoms with E-state index in [1.165, 1.54) is 6.26 Å². The van der Waals surface area contributed by atoms with Crippen LogP contribution in [-0.4, -0.2) is 18.4 Å². The van der Waals surface area contributed by atoms with Crippen LogP contribution in [-0.2, 0) is 0 Å². The van der Waals surface area contributed by atoms with Crippen LogP contribution >= 0.6 is 11.6 Å². The Morgan fingerprint density at radius 3 is 2.61 bits per heavy atom. The van der Waals surface area contributed by atoms with Crippen LogP contribution in [0.5, 0.6) is 5.75 Å². The number of halogens is 1. The zero-order valence-corrected chi connectivity index (χ0v) is 16.0. The van der Waals surface area contributed by atoms with Crippen LogP contribution in [0.15, 0.2) is 65.3 Å². The van der Waals surface area contributed by atoms with E-state index < -0.39 is 5.91 Å². The van der Waals surface area contributed by atoms with Crippen molar-refractivity contribution in [2.75, 3.05) is 17.2 Å². The molecule has 28 heavy (non-hydrogen) atoms. The smallest absolute Gasteiger partial charge is 0.291 e. The van der Waals surface area contributed by atoms with Crippen molar-refractivity contribution < 1.29 is 18.7 Å². The van der Waals surface area contributed by atoms with E-state index in [0.717, 1.165) is 6.42 Å². The molecular weight excluding hydrogens is 380 g/mol. The number of anilines is 2. The summed E-state index contributed by atoms with van der Waals surface area (Å²) in [6.07, 6.45) is 2.30. The highest BCUT2D eigenvalue weighted by atomic mass is 35.5. The van der Waals surface area contributed by atoms with Gasteiger partial charge in [0, 0.05) is 11.3 Å². The third-order valence-corrected chi connectivity index (χ3v) is 4.10. The Morgan fingerprint density at radius 1 is 1.04 bits per heavy atom. The lowest BCUT2D eigenvalue weighted by molar-refractivity contribution is 0.0994. The first-order valence-electron chi connectivity index (χ1n) is 8.75. The topological polar surface area (TPSA) is 80.6 Å². The number of hydrogen-bond donors (Lipinski definition) is 2. The van der Waals surface area contributed by atoms with Crippen LogP contribution in [0.4, 0.5) is 11.4 Å². The van der Waals surface area contributed by atoms with Gasteiger partial charge in [-0.1, -0.05) is 24.6 Å². The van der Waals surface area contributed by atoms with E-state index in [9.17, 15) is 9.59 Å². The number of benzene rings is 2. The SMILES string of the molecule is CCCOc1cccc(C(=O)Nc2ccc(NC(=O)c3ccco3)c(Cl)c2)c1. The molecule has 0 atom stereocenters. The fraction of sp³-hybridized carbons (Fsp3) is 0.143. The second kappa shape index (κ2) is 9.10. The van der Waals surface area contributed by atoms with Crippen molar-refractivity contribution in [1.29, 1.82) is 0 Å². The van der Waals surface area contributed by atoms with Crippen LogP contribution in [0.3, 0.4) is 0 Å². The monoisotopic (exact) mass is 398 g/mol.